The van der Waals surface area contributed by atoms with E-state index in [1.807, 2.05) is 18.2 Å². The van der Waals surface area contributed by atoms with Crippen molar-refractivity contribution in [2.24, 2.45) is 0 Å². The van der Waals surface area contributed by atoms with Gasteiger partial charge in [0, 0.05) is 18.2 Å². The molecule has 0 bridgehead atoms. The van der Waals surface area contributed by atoms with Gasteiger partial charge >= 0.3 is 6.18 Å². The van der Waals surface area contributed by atoms with Gasteiger partial charge in [-0.2, -0.15) is 18.3 Å². The number of likely N-dealkylation sites (tertiary alicyclic amines) is 1. The number of quaternary nitrogens is 1. The monoisotopic (exact) mass is 451 g/mol. The Bertz CT molecular complexity index is 1100. The van der Waals surface area contributed by atoms with Gasteiger partial charge in [0.15, 0.2) is 0 Å². The minimum absolute atomic E-state index is 0. The third-order valence-electron chi connectivity index (χ3n) is 5.95. The lowest BCUT2D eigenvalue weighted by Crippen LogP contribution is -3.08. The van der Waals surface area contributed by atoms with Gasteiger partial charge in [-0.1, -0.05) is 30.3 Å². The quantitative estimate of drug-likeness (QED) is 0.620. The number of halogens is 4. The lowest BCUT2D eigenvalue weighted by Gasteiger charge is -2.18. The molecule has 0 amide bonds. The summed E-state index contributed by atoms with van der Waals surface area (Å²) >= 11 is 0. The molecule has 2 atom stereocenters. The van der Waals surface area contributed by atoms with Crippen LogP contribution in [0.1, 0.15) is 42.1 Å². The second-order valence-corrected chi connectivity index (χ2v) is 8.16. The van der Waals surface area contributed by atoms with Gasteiger partial charge in [-0.15, -0.1) is 0 Å². The molecule has 1 aliphatic rings. The van der Waals surface area contributed by atoms with Crippen molar-refractivity contribution in [3.8, 4) is 0 Å². The zero-order valence-corrected chi connectivity index (χ0v) is 18.0. The SMILES string of the molecule is C[NH+]1CCCC(n2nc(Cc3ccc(C(F)(F)F)cc3)c3ccccc3c2=O)CC1.[Cl-]. The van der Waals surface area contributed by atoms with Gasteiger partial charge in [0.2, 0.25) is 0 Å². The molecule has 1 aromatic heterocycles. The highest BCUT2D eigenvalue weighted by atomic mass is 35.5. The molecule has 166 valence electrons. The number of benzene rings is 2. The van der Waals surface area contributed by atoms with E-state index >= 15 is 0 Å². The van der Waals surface area contributed by atoms with Crippen LogP contribution >= 0.6 is 0 Å². The molecule has 2 aromatic carbocycles. The van der Waals surface area contributed by atoms with Crippen molar-refractivity contribution in [3.63, 3.8) is 0 Å². The van der Waals surface area contributed by atoms with Gasteiger partial charge in [0.05, 0.1) is 42.8 Å². The molecule has 2 unspecified atom stereocenters. The highest BCUT2D eigenvalue weighted by molar-refractivity contribution is 5.83. The smallest absolute Gasteiger partial charge is 0.416 e. The van der Waals surface area contributed by atoms with Crippen LogP contribution in [-0.2, 0) is 12.6 Å². The lowest BCUT2D eigenvalue weighted by molar-refractivity contribution is -0.878. The molecule has 8 heteroatoms. The minimum Gasteiger partial charge on any atom is -1.00 e. The molecule has 2 heterocycles. The second-order valence-electron chi connectivity index (χ2n) is 8.16. The number of fused-ring (bicyclic) bond motifs is 1. The van der Waals surface area contributed by atoms with Crippen LogP contribution in [0.3, 0.4) is 0 Å². The summed E-state index contributed by atoms with van der Waals surface area (Å²) in [6.07, 6.45) is -1.16. The largest absolute Gasteiger partial charge is 1.00 e. The summed E-state index contributed by atoms with van der Waals surface area (Å²) in [4.78, 5) is 14.6. The van der Waals surface area contributed by atoms with E-state index < -0.39 is 11.7 Å². The fourth-order valence-electron chi connectivity index (χ4n) is 4.22. The molecular weight excluding hydrogens is 427 g/mol. The van der Waals surface area contributed by atoms with Crippen LogP contribution in [0.25, 0.3) is 10.8 Å². The van der Waals surface area contributed by atoms with E-state index in [9.17, 15) is 18.0 Å². The van der Waals surface area contributed by atoms with Crippen LogP contribution in [0.4, 0.5) is 13.2 Å². The normalized spacial score (nSPS) is 19.6. The van der Waals surface area contributed by atoms with E-state index in [0.29, 0.717) is 11.8 Å². The van der Waals surface area contributed by atoms with E-state index in [-0.39, 0.29) is 24.0 Å². The average molecular weight is 452 g/mol. The van der Waals surface area contributed by atoms with Crippen molar-refractivity contribution in [2.45, 2.75) is 37.9 Å². The fourth-order valence-corrected chi connectivity index (χ4v) is 4.22. The van der Waals surface area contributed by atoms with Crippen LogP contribution in [0, 0.1) is 0 Å². The van der Waals surface area contributed by atoms with Crippen molar-refractivity contribution in [2.75, 3.05) is 20.1 Å². The highest BCUT2D eigenvalue weighted by Gasteiger charge is 2.30. The van der Waals surface area contributed by atoms with E-state index in [1.54, 1.807) is 10.7 Å². The maximum atomic E-state index is 13.1. The molecule has 3 aromatic rings. The van der Waals surface area contributed by atoms with Gasteiger partial charge in [-0.25, -0.2) is 4.68 Å². The number of nitrogens with zero attached hydrogens (tertiary/aromatic N) is 2. The van der Waals surface area contributed by atoms with Crippen LogP contribution in [0.2, 0.25) is 0 Å². The molecule has 4 nitrogen and oxygen atoms in total. The third-order valence-corrected chi connectivity index (χ3v) is 5.95. The molecule has 1 saturated heterocycles. The standard InChI is InChI=1S/C23H24F3N3O.ClH/c1-28-13-4-5-18(12-14-28)29-22(30)20-7-3-2-6-19(20)21(27-29)15-16-8-10-17(11-9-16)23(24,25)26;/h2-3,6-11,18H,4-5,12-15H2,1H3;1H. The first kappa shape index (κ1) is 23.3. The number of hydrogen-bond donors (Lipinski definition) is 1. The lowest BCUT2D eigenvalue weighted by atomic mass is 10.0. The highest BCUT2D eigenvalue weighted by Crippen LogP contribution is 2.29. The molecule has 4 rings (SSSR count). The zero-order chi connectivity index (χ0) is 21.3. The predicted octanol–water partition coefficient (Wildman–Crippen LogP) is 0.250. The molecular formula is C23H25ClF3N3O. The van der Waals surface area contributed by atoms with E-state index in [4.69, 9.17) is 5.10 Å². The summed E-state index contributed by atoms with van der Waals surface area (Å²) in [7, 11) is 2.16. The van der Waals surface area contributed by atoms with Crippen molar-refractivity contribution in [1.82, 2.24) is 9.78 Å². The number of aromatic nitrogens is 2. The summed E-state index contributed by atoms with van der Waals surface area (Å²) in [5.74, 6) is 0. The molecule has 0 aliphatic carbocycles. The van der Waals surface area contributed by atoms with Crippen LogP contribution < -0.4 is 22.9 Å². The molecule has 0 radical (unpaired) electrons. The molecule has 1 fully saturated rings. The summed E-state index contributed by atoms with van der Waals surface area (Å²) in [6, 6.07) is 12.6. The number of nitrogens with one attached hydrogen (secondary N) is 1. The van der Waals surface area contributed by atoms with Gasteiger partial charge in [0.25, 0.3) is 5.56 Å². The van der Waals surface area contributed by atoms with Crippen molar-refractivity contribution in [3.05, 3.63) is 75.7 Å². The maximum absolute atomic E-state index is 13.1. The Balaban J connectivity index is 0.00000272. The van der Waals surface area contributed by atoms with Crippen LogP contribution in [0.5, 0.6) is 0 Å². The molecule has 1 aliphatic heterocycles. The molecule has 31 heavy (non-hydrogen) atoms. The van der Waals surface area contributed by atoms with E-state index in [0.717, 1.165) is 61.1 Å². The molecule has 1 N–H and O–H groups in total. The van der Waals surface area contributed by atoms with Crippen LogP contribution in [-0.4, -0.2) is 29.9 Å². The maximum Gasteiger partial charge on any atom is 0.416 e. The zero-order valence-electron chi connectivity index (χ0n) is 17.3. The number of alkyl halides is 3. The summed E-state index contributed by atoms with van der Waals surface area (Å²) in [5, 5.41) is 6.10. The first-order valence-electron chi connectivity index (χ1n) is 10.3. The van der Waals surface area contributed by atoms with E-state index in [1.165, 1.54) is 17.0 Å². The van der Waals surface area contributed by atoms with E-state index in [2.05, 4.69) is 7.05 Å². The fraction of sp³-hybridized carbons (Fsp3) is 0.391. The summed E-state index contributed by atoms with van der Waals surface area (Å²) < 4.78 is 40.2. The first-order valence-corrected chi connectivity index (χ1v) is 10.3. The first-order chi connectivity index (χ1) is 14.3. The Morgan fingerprint density at radius 3 is 2.39 bits per heavy atom. The topological polar surface area (TPSA) is 39.3 Å². The van der Waals surface area contributed by atoms with Gasteiger partial charge in [-0.3, -0.25) is 4.79 Å². The molecule has 0 spiro atoms. The number of rotatable bonds is 3. The Morgan fingerprint density at radius 2 is 1.71 bits per heavy atom. The minimum atomic E-state index is -4.36. The van der Waals surface area contributed by atoms with Crippen molar-refractivity contribution < 1.29 is 30.5 Å². The average Bonchev–Trinajstić information content (AvgIpc) is 2.94. The summed E-state index contributed by atoms with van der Waals surface area (Å²) in [6.45, 7) is 2.07. The predicted molar refractivity (Wildman–Crippen MR) is 110 cm³/mol. The Hall–Kier alpha value is -2.38. The Morgan fingerprint density at radius 1 is 1.03 bits per heavy atom. The Labute approximate surface area is 185 Å². The second kappa shape index (κ2) is 9.40. The Kier molecular flexibility index (Phi) is 7.06. The van der Waals surface area contributed by atoms with Crippen molar-refractivity contribution in [1.29, 1.82) is 0 Å². The summed E-state index contributed by atoms with van der Waals surface area (Å²) in [5.41, 5.74) is 0.691. The molecule has 0 saturated carbocycles. The van der Waals surface area contributed by atoms with Gasteiger partial charge in [0.1, 0.15) is 0 Å². The third kappa shape index (κ3) is 5.10. The van der Waals surface area contributed by atoms with Crippen LogP contribution in [0.15, 0.2) is 53.3 Å². The number of hydrogen-bond acceptors (Lipinski definition) is 2. The van der Waals surface area contributed by atoms with Gasteiger partial charge in [-0.05, 0) is 36.6 Å². The van der Waals surface area contributed by atoms with Gasteiger partial charge < -0.3 is 17.3 Å². The van der Waals surface area contributed by atoms with Crippen molar-refractivity contribution >= 4 is 10.8 Å².